The summed E-state index contributed by atoms with van der Waals surface area (Å²) in [4.78, 5) is 17.6. The van der Waals surface area contributed by atoms with E-state index in [-0.39, 0.29) is 20.3 Å². The topological polar surface area (TPSA) is 42.4 Å². The van der Waals surface area contributed by atoms with E-state index in [9.17, 15) is 4.79 Å². The van der Waals surface area contributed by atoms with E-state index in [1.807, 2.05) is 0 Å². The van der Waals surface area contributed by atoms with Crippen LogP contribution in [0.4, 0.5) is 4.69 Å². The Morgan fingerprint density at radius 1 is 1.57 bits per heavy atom. The number of carbonyl (C=O) groups is 1. The quantitative estimate of drug-likeness (QED) is 0.561. The predicted molar refractivity (Wildman–Crippen MR) is 54.2 cm³/mol. The number of Topliss-reactive ketones (excluding diaryl/α,β-unsaturated/α-hetero) is 1. The monoisotopic (exact) mass is 260 g/mol. The fourth-order valence-corrected chi connectivity index (χ4v) is 3.14. The molecule has 4 nitrogen and oxygen atoms in total. The molecule has 0 saturated carbocycles. The molecule has 0 N–H and O–H groups in total. The maximum absolute atomic E-state index is 11.1. The maximum atomic E-state index is 11.1. The van der Waals surface area contributed by atoms with Crippen molar-refractivity contribution < 1.29 is 9.53 Å². The molecule has 2 heterocycles. The number of anilines is 1. The standard InChI is InChI=1S/C9H12N2O2Se/c1-7(12)8-6-10-9(14-8)11-2-4-13-5-3-11/h6H,2-5H2,1H3. The van der Waals surface area contributed by atoms with Gasteiger partial charge in [-0.1, -0.05) is 0 Å². The van der Waals surface area contributed by atoms with Crippen LogP contribution >= 0.6 is 0 Å². The number of morpholine rings is 1. The van der Waals surface area contributed by atoms with E-state index in [2.05, 4.69) is 9.88 Å². The minimum absolute atomic E-state index is 0.114. The fourth-order valence-electron chi connectivity index (χ4n) is 1.33. The van der Waals surface area contributed by atoms with Gasteiger partial charge in [0.25, 0.3) is 0 Å². The second-order valence-electron chi connectivity index (χ2n) is 3.16. The number of nitrogens with zero attached hydrogens (tertiary/aromatic N) is 2. The van der Waals surface area contributed by atoms with E-state index in [0.717, 1.165) is 35.4 Å². The second-order valence-corrected chi connectivity index (χ2v) is 5.28. The molecule has 1 aromatic heterocycles. The van der Waals surface area contributed by atoms with Crippen molar-refractivity contribution in [3.8, 4) is 0 Å². The van der Waals surface area contributed by atoms with Crippen LogP contribution in [0, 0.1) is 0 Å². The molecule has 5 heteroatoms. The predicted octanol–water partition coefficient (Wildman–Crippen LogP) is 0.178. The summed E-state index contributed by atoms with van der Waals surface area (Å²) >= 11 is 0.114. The van der Waals surface area contributed by atoms with E-state index in [0.29, 0.717) is 0 Å². The van der Waals surface area contributed by atoms with Gasteiger partial charge in [-0.3, -0.25) is 0 Å². The van der Waals surface area contributed by atoms with E-state index in [1.165, 1.54) is 0 Å². The first-order valence-electron chi connectivity index (χ1n) is 4.57. The molecule has 1 fully saturated rings. The van der Waals surface area contributed by atoms with Crippen LogP contribution in [0.3, 0.4) is 0 Å². The summed E-state index contributed by atoms with van der Waals surface area (Å²) in [6.45, 7) is 4.94. The van der Waals surface area contributed by atoms with Crippen molar-refractivity contribution in [3.05, 3.63) is 10.6 Å². The van der Waals surface area contributed by atoms with Crippen molar-refractivity contribution in [3.63, 3.8) is 0 Å². The van der Waals surface area contributed by atoms with Gasteiger partial charge >= 0.3 is 88.3 Å². The van der Waals surface area contributed by atoms with Crippen molar-refractivity contribution >= 4 is 25.0 Å². The summed E-state index contributed by atoms with van der Waals surface area (Å²) in [5, 5.41) is 0. The van der Waals surface area contributed by atoms with Crippen molar-refractivity contribution in [2.24, 2.45) is 0 Å². The zero-order valence-electron chi connectivity index (χ0n) is 8.02. The third kappa shape index (κ3) is 2.05. The van der Waals surface area contributed by atoms with Crippen LogP contribution < -0.4 is 4.90 Å². The van der Waals surface area contributed by atoms with Crippen molar-refractivity contribution in [1.29, 1.82) is 0 Å². The molecule has 0 amide bonds. The SMILES string of the molecule is CC(=O)c1cnc(N2CCOCC2)[se]1. The summed E-state index contributed by atoms with van der Waals surface area (Å²) in [5.41, 5.74) is 0. The molecule has 2 rings (SSSR count). The van der Waals surface area contributed by atoms with Gasteiger partial charge in [0.05, 0.1) is 0 Å². The van der Waals surface area contributed by atoms with Gasteiger partial charge in [0.2, 0.25) is 0 Å². The van der Waals surface area contributed by atoms with E-state index >= 15 is 0 Å². The van der Waals surface area contributed by atoms with Gasteiger partial charge in [-0.15, -0.1) is 0 Å². The molecule has 1 aliphatic rings. The van der Waals surface area contributed by atoms with Gasteiger partial charge in [0.1, 0.15) is 0 Å². The fraction of sp³-hybridized carbons (Fsp3) is 0.556. The first-order valence-corrected chi connectivity index (χ1v) is 6.28. The Balaban J connectivity index is 2.11. The Bertz CT molecular complexity index is 331. The molecule has 0 aromatic carbocycles. The zero-order valence-corrected chi connectivity index (χ0v) is 9.74. The second kappa shape index (κ2) is 4.26. The Kier molecular flexibility index (Phi) is 3.01. The Morgan fingerprint density at radius 3 is 2.86 bits per heavy atom. The molecule has 1 aromatic rings. The first kappa shape index (κ1) is 9.90. The van der Waals surface area contributed by atoms with Crippen LogP contribution in [0.15, 0.2) is 6.20 Å². The molecule has 76 valence electrons. The minimum atomic E-state index is 0.114. The van der Waals surface area contributed by atoms with E-state index < -0.39 is 0 Å². The molecule has 0 unspecified atom stereocenters. The Morgan fingerprint density at radius 2 is 2.29 bits per heavy atom. The van der Waals surface area contributed by atoms with E-state index in [4.69, 9.17) is 4.74 Å². The molecule has 1 saturated heterocycles. The number of ether oxygens (including phenoxy) is 1. The van der Waals surface area contributed by atoms with Crippen LogP contribution in [0.5, 0.6) is 0 Å². The van der Waals surface area contributed by atoms with Gasteiger partial charge in [0.15, 0.2) is 0 Å². The zero-order chi connectivity index (χ0) is 9.97. The van der Waals surface area contributed by atoms with E-state index in [1.54, 1.807) is 13.1 Å². The van der Waals surface area contributed by atoms with Crippen LogP contribution in [-0.2, 0) is 4.74 Å². The van der Waals surface area contributed by atoms with Gasteiger partial charge in [-0.2, -0.15) is 0 Å². The summed E-state index contributed by atoms with van der Waals surface area (Å²) in [6, 6.07) is 0. The summed E-state index contributed by atoms with van der Waals surface area (Å²) in [7, 11) is 0. The third-order valence-electron chi connectivity index (χ3n) is 2.12. The number of aromatic nitrogens is 1. The summed E-state index contributed by atoms with van der Waals surface area (Å²) in [5.74, 6) is 0.150. The summed E-state index contributed by atoms with van der Waals surface area (Å²) < 4.78 is 7.21. The first-order chi connectivity index (χ1) is 6.77. The van der Waals surface area contributed by atoms with Gasteiger partial charge < -0.3 is 0 Å². The van der Waals surface area contributed by atoms with Crippen molar-refractivity contribution in [1.82, 2.24) is 4.98 Å². The number of ketones is 1. The van der Waals surface area contributed by atoms with Gasteiger partial charge in [0, 0.05) is 0 Å². The van der Waals surface area contributed by atoms with Gasteiger partial charge in [-0.05, 0) is 0 Å². The normalized spacial score (nSPS) is 17.1. The third-order valence-corrected chi connectivity index (χ3v) is 4.55. The molecular weight excluding hydrogens is 247 g/mol. The molecule has 1 aliphatic heterocycles. The van der Waals surface area contributed by atoms with Crippen LogP contribution in [0.25, 0.3) is 0 Å². The number of carbonyl (C=O) groups excluding carboxylic acids is 1. The Labute approximate surface area is 88.6 Å². The average Bonchev–Trinajstić information content (AvgIpc) is 2.68. The molecule has 0 bridgehead atoms. The summed E-state index contributed by atoms with van der Waals surface area (Å²) in [6.07, 6.45) is 1.72. The van der Waals surface area contributed by atoms with Gasteiger partial charge in [-0.25, -0.2) is 0 Å². The van der Waals surface area contributed by atoms with Crippen molar-refractivity contribution in [2.75, 3.05) is 31.2 Å². The number of hydrogen-bond acceptors (Lipinski definition) is 4. The Hall–Kier alpha value is -0.641. The number of rotatable bonds is 2. The molecular formula is C9H12N2O2Se. The molecule has 14 heavy (non-hydrogen) atoms. The van der Waals surface area contributed by atoms with Crippen LogP contribution in [0.2, 0.25) is 0 Å². The molecule has 0 atom stereocenters. The number of hydrogen-bond donors (Lipinski definition) is 0. The van der Waals surface area contributed by atoms with Crippen LogP contribution in [0.1, 0.15) is 16.2 Å². The van der Waals surface area contributed by atoms with Crippen molar-refractivity contribution in [2.45, 2.75) is 6.92 Å². The molecule has 0 radical (unpaired) electrons. The molecule has 0 aliphatic carbocycles. The average molecular weight is 259 g/mol. The molecule has 0 spiro atoms. The van der Waals surface area contributed by atoms with Crippen LogP contribution in [-0.4, -0.2) is 51.6 Å².